The highest BCUT2D eigenvalue weighted by atomic mass is 16.6. The summed E-state index contributed by atoms with van der Waals surface area (Å²) >= 11 is 0. The van der Waals surface area contributed by atoms with Gasteiger partial charge in [-0.25, -0.2) is 4.79 Å². The average Bonchev–Trinajstić information content (AvgIpc) is 3.05. The molecule has 0 amide bonds. The summed E-state index contributed by atoms with van der Waals surface area (Å²) in [6.07, 6.45) is 5.38. The summed E-state index contributed by atoms with van der Waals surface area (Å²) in [5.74, 6) is 1.96. The number of methoxy groups -OCH3 is 2. The minimum atomic E-state index is -0.345. The molecule has 1 aliphatic carbocycles. The molecule has 0 N–H and O–H groups in total. The number of benzene rings is 2. The molecule has 162 valence electrons. The van der Waals surface area contributed by atoms with Gasteiger partial charge in [0.25, 0.3) is 0 Å². The third-order valence-corrected chi connectivity index (χ3v) is 6.71. The molecule has 31 heavy (non-hydrogen) atoms. The Hall–Kier alpha value is -2.99. The highest BCUT2D eigenvalue weighted by Gasteiger charge is 2.53. The number of rotatable bonds is 4. The van der Waals surface area contributed by atoms with E-state index in [1.807, 2.05) is 12.1 Å². The number of ether oxygens (including phenoxy) is 4. The van der Waals surface area contributed by atoms with Crippen molar-refractivity contribution in [2.75, 3.05) is 27.8 Å². The van der Waals surface area contributed by atoms with Gasteiger partial charge in [-0.2, -0.15) is 0 Å². The van der Waals surface area contributed by atoms with Gasteiger partial charge in [0.2, 0.25) is 0 Å². The number of hydrogen-bond acceptors (Lipinski definition) is 6. The van der Waals surface area contributed by atoms with E-state index in [1.165, 1.54) is 11.1 Å². The minimum absolute atomic E-state index is 0.0947. The van der Waals surface area contributed by atoms with Gasteiger partial charge in [0.15, 0.2) is 11.5 Å². The van der Waals surface area contributed by atoms with Gasteiger partial charge in [-0.1, -0.05) is 12.1 Å². The first-order valence-electron chi connectivity index (χ1n) is 10.6. The zero-order valence-corrected chi connectivity index (χ0v) is 18.1. The van der Waals surface area contributed by atoms with Gasteiger partial charge in [-0.05, 0) is 62.0 Å². The topological polar surface area (TPSA) is 57.2 Å². The Bertz CT molecular complexity index is 1030. The van der Waals surface area contributed by atoms with E-state index >= 15 is 0 Å². The molecule has 2 heterocycles. The molecule has 2 aromatic rings. The molecule has 3 atom stereocenters. The van der Waals surface area contributed by atoms with Crippen LogP contribution >= 0.6 is 0 Å². The van der Waals surface area contributed by atoms with Crippen molar-refractivity contribution in [2.24, 2.45) is 0 Å². The second-order valence-corrected chi connectivity index (χ2v) is 8.53. The number of hydrogen-bond donors (Lipinski definition) is 0. The smallest absolute Gasteiger partial charge is 0.338 e. The zero-order valence-electron chi connectivity index (χ0n) is 18.1. The predicted octanol–water partition coefficient (Wildman–Crippen LogP) is 3.72. The van der Waals surface area contributed by atoms with Crippen molar-refractivity contribution >= 4 is 5.97 Å². The maximum absolute atomic E-state index is 12.7. The van der Waals surface area contributed by atoms with Gasteiger partial charge in [0, 0.05) is 18.5 Å². The van der Waals surface area contributed by atoms with Crippen LogP contribution in [-0.4, -0.2) is 50.9 Å². The van der Waals surface area contributed by atoms with E-state index in [0.717, 1.165) is 31.0 Å². The van der Waals surface area contributed by atoms with Crippen molar-refractivity contribution in [3.63, 3.8) is 0 Å². The lowest BCUT2D eigenvalue weighted by molar-refractivity contribution is 0.0218. The molecular weight excluding hydrogens is 394 g/mol. The average molecular weight is 421 g/mol. The molecule has 5 rings (SSSR count). The SMILES string of the molecule is COc1ccc(C(=O)O[C@H]2C=C[C@@]34CCN(C)Cc5ccc(OC)c(c53)O[C@H]4C2)cc1. The van der Waals surface area contributed by atoms with Crippen LogP contribution in [-0.2, 0) is 16.7 Å². The second-order valence-electron chi connectivity index (χ2n) is 8.53. The minimum Gasteiger partial charge on any atom is -0.497 e. The fraction of sp³-hybridized carbons (Fsp3) is 0.400. The summed E-state index contributed by atoms with van der Waals surface area (Å²) in [7, 11) is 5.42. The van der Waals surface area contributed by atoms with E-state index in [-0.39, 0.29) is 23.6 Å². The van der Waals surface area contributed by atoms with Gasteiger partial charge in [0.05, 0.1) is 25.2 Å². The van der Waals surface area contributed by atoms with Gasteiger partial charge >= 0.3 is 5.97 Å². The third kappa shape index (κ3) is 3.26. The quantitative estimate of drug-likeness (QED) is 0.554. The molecule has 3 aliphatic rings. The van der Waals surface area contributed by atoms with E-state index in [2.05, 4.69) is 24.1 Å². The van der Waals surface area contributed by atoms with Crippen molar-refractivity contribution in [3.8, 4) is 17.2 Å². The molecule has 2 aromatic carbocycles. The largest absolute Gasteiger partial charge is 0.497 e. The highest BCUT2D eigenvalue weighted by Crippen LogP contribution is 2.55. The zero-order chi connectivity index (χ0) is 21.6. The van der Waals surface area contributed by atoms with Gasteiger partial charge in [-0.3, -0.25) is 0 Å². The van der Waals surface area contributed by atoms with Crippen LogP contribution in [0.15, 0.2) is 48.6 Å². The molecule has 0 saturated heterocycles. The molecule has 2 aliphatic heterocycles. The van der Waals surface area contributed by atoms with Crippen LogP contribution < -0.4 is 14.2 Å². The summed E-state index contributed by atoms with van der Waals surface area (Å²) in [5.41, 5.74) is 2.80. The lowest BCUT2D eigenvalue weighted by atomic mass is 9.69. The first-order chi connectivity index (χ1) is 15.0. The van der Waals surface area contributed by atoms with E-state index in [4.69, 9.17) is 18.9 Å². The Morgan fingerprint density at radius 2 is 1.94 bits per heavy atom. The standard InChI is InChI=1S/C25H27NO5/c1-26-13-12-25-11-10-19(30-24(27)16-4-7-18(28-2)8-5-16)14-21(25)31-23-20(29-3)9-6-17(15-26)22(23)25/h4-11,19,21H,12-15H2,1-3H3/t19-,21-,25-/m0/s1. The number of carbonyl (C=O) groups is 1. The van der Waals surface area contributed by atoms with Crippen LogP contribution in [0.5, 0.6) is 17.2 Å². The predicted molar refractivity (Wildman–Crippen MR) is 116 cm³/mol. The molecule has 0 fully saturated rings. The summed E-state index contributed by atoms with van der Waals surface area (Å²) < 4.78 is 23.1. The van der Waals surface area contributed by atoms with Crippen molar-refractivity contribution in [2.45, 2.75) is 37.0 Å². The number of nitrogens with zero attached hydrogens (tertiary/aromatic N) is 1. The van der Waals surface area contributed by atoms with Crippen LogP contribution in [0, 0.1) is 0 Å². The van der Waals surface area contributed by atoms with E-state index in [1.54, 1.807) is 38.5 Å². The fourth-order valence-corrected chi connectivity index (χ4v) is 5.09. The molecule has 0 aromatic heterocycles. The van der Waals surface area contributed by atoms with Gasteiger partial charge in [-0.15, -0.1) is 0 Å². The van der Waals surface area contributed by atoms with E-state index in [9.17, 15) is 4.79 Å². The molecular formula is C25H27NO5. The van der Waals surface area contributed by atoms with Gasteiger partial charge < -0.3 is 23.8 Å². The normalized spacial score (nSPS) is 26.3. The van der Waals surface area contributed by atoms with Crippen LogP contribution in [0.2, 0.25) is 0 Å². The summed E-state index contributed by atoms with van der Waals surface area (Å²) in [5, 5.41) is 0. The Morgan fingerprint density at radius 1 is 1.13 bits per heavy atom. The monoisotopic (exact) mass is 421 g/mol. The molecule has 0 bridgehead atoms. The molecule has 0 unspecified atom stereocenters. The lowest BCUT2D eigenvalue weighted by Gasteiger charge is -2.36. The van der Waals surface area contributed by atoms with Crippen LogP contribution in [0.25, 0.3) is 0 Å². The summed E-state index contributed by atoms with van der Waals surface area (Å²) in [4.78, 5) is 15.0. The molecule has 0 saturated carbocycles. The maximum Gasteiger partial charge on any atom is 0.338 e. The number of esters is 1. The summed E-state index contributed by atoms with van der Waals surface area (Å²) in [6, 6.07) is 11.1. The van der Waals surface area contributed by atoms with Crippen molar-refractivity contribution in [1.82, 2.24) is 4.90 Å². The molecule has 0 radical (unpaired) electrons. The molecule has 1 spiro atoms. The van der Waals surface area contributed by atoms with Crippen LogP contribution in [0.1, 0.15) is 34.3 Å². The Labute approximate surface area is 182 Å². The highest BCUT2D eigenvalue weighted by molar-refractivity contribution is 5.89. The summed E-state index contributed by atoms with van der Waals surface area (Å²) in [6.45, 7) is 1.85. The second kappa shape index (κ2) is 7.61. The fourth-order valence-electron chi connectivity index (χ4n) is 5.09. The Kier molecular flexibility index (Phi) is 4.89. The van der Waals surface area contributed by atoms with Crippen LogP contribution in [0.4, 0.5) is 0 Å². The Balaban J connectivity index is 1.43. The van der Waals surface area contributed by atoms with Crippen molar-refractivity contribution in [1.29, 1.82) is 0 Å². The first kappa shape index (κ1) is 19.9. The third-order valence-electron chi connectivity index (χ3n) is 6.71. The van der Waals surface area contributed by atoms with E-state index in [0.29, 0.717) is 17.7 Å². The number of carbonyl (C=O) groups excluding carboxylic acids is 1. The van der Waals surface area contributed by atoms with Gasteiger partial charge in [0.1, 0.15) is 18.0 Å². The van der Waals surface area contributed by atoms with Crippen molar-refractivity contribution in [3.05, 3.63) is 65.2 Å². The first-order valence-corrected chi connectivity index (χ1v) is 10.6. The van der Waals surface area contributed by atoms with Crippen LogP contribution in [0.3, 0.4) is 0 Å². The van der Waals surface area contributed by atoms with Crippen molar-refractivity contribution < 1.29 is 23.7 Å². The lowest BCUT2D eigenvalue weighted by Crippen LogP contribution is -2.43. The maximum atomic E-state index is 12.7. The van der Waals surface area contributed by atoms with E-state index < -0.39 is 0 Å². The molecule has 6 heteroatoms. The molecule has 6 nitrogen and oxygen atoms in total. The Morgan fingerprint density at radius 3 is 2.68 bits per heavy atom.